The molecule has 0 saturated heterocycles. The van der Waals surface area contributed by atoms with Gasteiger partial charge >= 0.3 is 0 Å². The van der Waals surface area contributed by atoms with Crippen molar-refractivity contribution in [1.82, 2.24) is 0 Å². The second-order valence-electron chi connectivity index (χ2n) is 5.09. The Morgan fingerprint density at radius 3 is 2.10 bits per heavy atom. The Morgan fingerprint density at radius 2 is 1.43 bits per heavy atom. The van der Waals surface area contributed by atoms with Gasteiger partial charge in [0.15, 0.2) is 0 Å². The molecule has 0 saturated carbocycles. The van der Waals surface area contributed by atoms with Gasteiger partial charge in [-0.1, -0.05) is 60.1 Å². The van der Waals surface area contributed by atoms with E-state index in [4.69, 9.17) is 17.3 Å². The minimum atomic E-state index is 0.742. The van der Waals surface area contributed by atoms with E-state index in [0.29, 0.717) is 0 Å². The van der Waals surface area contributed by atoms with Gasteiger partial charge in [-0.3, -0.25) is 0 Å². The van der Waals surface area contributed by atoms with Crippen molar-refractivity contribution in [2.45, 2.75) is 6.92 Å². The Morgan fingerprint density at radius 1 is 0.762 bits per heavy atom. The predicted octanol–water partition coefficient (Wildman–Crippen LogP) is 5.56. The molecule has 2 N–H and O–H groups in total. The van der Waals surface area contributed by atoms with Crippen LogP contribution in [-0.4, -0.2) is 0 Å². The van der Waals surface area contributed by atoms with E-state index in [1.807, 2.05) is 48.5 Å². The molecule has 0 amide bonds. The molecule has 0 spiro atoms. The van der Waals surface area contributed by atoms with E-state index in [-0.39, 0.29) is 0 Å². The fourth-order valence-corrected chi connectivity index (χ4v) is 2.77. The number of aryl methyl sites for hydroxylation is 1. The van der Waals surface area contributed by atoms with Gasteiger partial charge in [0.05, 0.1) is 0 Å². The molecule has 0 aliphatic carbocycles. The summed E-state index contributed by atoms with van der Waals surface area (Å²) in [5, 5.41) is 0.742. The fourth-order valence-electron chi connectivity index (χ4n) is 2.64. The van der Waals surface area contributed by atoms with Crippen molar-refractivity contribution in [1.29, 1.82) is 0 Å². The van der Waals surface area contributed by atoms with Crippen LogP contribution in [0.3, 0.4) is 0 Å². The van der Waals surface area contributed by atoms with Crippen LogP contribution in [0.2, 0.25) is 5.02 Å². The average Bonchev–Trinajstić information content (AvgIpc) is 2.48. The van der Waals surface area contributed by atoms with E-state index in [9.17, 15) is 0 Å². The third kappa shape index (κ3) is 2.65. The summed E-state index contributed by atoms with van der Waals surface area (Å²) in [5.41, 5.74) is 12.7. The molecule has 0 aromatic heterocycles. The van der Waals surface area contributed by atoms with Gasteiger partial charge in [0.1, 0.15) is 0 Å². The van der Waals surface area contributed by atoms with Crippen molar-refractivity contribution in [3.63, 3.8) is 0 Å². The lowest BCUT2D eigenvalue weighted by Crippen LogP contribution is -1.94. The van der Waals surface area contributed by atoms with Crippen LogP contribution in [0.5, 0.6) is 0 Å². The summed E-state index contributed by atoms with van der Waals surface area (Å²) in [4.78, 5) is 0. The second-order valence-corrected chi connectivity index (χ2v) is 5.53. The molecule has 0 unspecified atom stereocenters. The molecular weight excluding hydrogens is 278 g/mol. The van der Waals surface area contributed by atoms with Gasteiger partial charge in [-0.25, -0.2) is 0 Å². The highest BCUT2D eigenvalue weighted by Gasteiger charge is 2.11. The normalized spacial score (nSPS) is 10.6. The highest BCUT2D eigenvalue weighted by atomic mass is 35.5. The molecule has 0 heterocycles. The molecule has 0 fully saturated rings. The van der Waals surface area contributed by atoms with Crippen LogP contribution < -0.4 is 5.73 Å². The molecule has 0 radical (unpaired) electrons. The largest absolute Gasteiger partial charge is 0.398 e. The molecule has 21 heavy (non-hydrogen) atoms. The number of nitrogens with two attached hydrogens (primary N) is 1. The topological polar surface area (TPSA) is 26.0 Å². The highest BCUT2D eigenvalue weighted by molar-refractivity contribution is 6.30. The predicted molar refractivity (Wildman–Crippen MR) is 91.5 cm³/mol. The number of nitrogen functional groups attached to an aromatic ring is 1. The zero-order valence-corrected chi connectivity index (χ0v) is 12.6. The molecule has 0 bridgehead atoms. The zero-order valence-electron chi connectivity index (χ0n) is 11.8. The van der Waals surface area contributed by atoms with Gasteiger partial charge in [0, 0.05) is 16.3 Å². The first-order valence-electron chi connectivity index (χ1n) is 6.87. The molecular formula is C19H16ClN. The maximum atomic E-state index is 6.20. The summed E-state index contributed by atoms with van der Waals surface area (Å²) >= 11 is 5.99. The molecule has 0 aliphatic rings. The van der Waals surface area contributed by atoms with E-state index in [0.717, 1.165) is 33.0 Å². The van der Waals surface area contributed by atoms with Crippen LogP contribution >= 0.6 is 11.6 Å². The van der Waals surface area contributed by atoms with Gasteiger partial charge in [-0.15, -0.1) is 0 Å². The Hall–Kier alpha value is -2.25. The molecule has 104 valence electrons. The minimum absolute atomic E-state index is 0.742. The number of hydrogen-bond acceptors (Lipinski definition) is 1. The number of benzene rings is 3. The van der Waals surface area contributed by atoms with Gasteiger partial charge < -0.3 is 5.73 Å². The van der Waals surface area contributed by atoms with Gasteiger partial charge in [0.2, 0.25) is 0 Å². The summed E-state index contributed by atoms with van der Waals surface area (Å²) in [6, 6.07) is 22.2. The van der Waals surface area contributed by atoms with Gasteiger partial charge in [0.25, 0.3) is 0 Å². The van der Waals surface area contributed by atoms with E-state index in [1.165, 1.54) is 5.56 Å². The third-order valence-corrected chi connectivity index (χ3v) is 3.91. The molecule has 3 aromatic rings. The van der Waals surface area contributed by atoms with Gasteiger partial charge in [-0.05, 0) is 47.4 Å². The summed E-state index contributed by atoms with van der Waals surface area (Å²) in [7, 11) is 0. The number of hydrogen-bond donors (Lipinski definition) is 1. The Balaban J connectivity index is 2.23. The van der Waals surface area contributed by atoms with Crippen molar-refractivity contribution in [3.05, 3.63) is 77.3 Å². The summed E-state index contributed by atoms with van der Waals surface area (Å²) in [6.07, 6.45) is 0. The zero-order chi connectivity index (χ0) is 14.8. The highest BCUT2D eigenvalue weighted by Crippen LogP contribution is 2.37. The van der Waals surface area contributed by atoms with E-state index in [2.05, 4.69) is 25.1 Å². The van der Waals surface area contributed by atoms with Crippen molar-refractivity contribution in [3.8, 4) is 22.3 Å². The van der Waals surface area contributed by atoms with Crippen LogP contribution in [0, 0.1) is 6.92 Å². The van der Waals surface area contributed by atoms with Crippen LogP contribution in [0.15, 0.2) is 66.7 Å². The van der Waals surface area contributed by atoms with Crippen LogP contribution in [0.25, 0.3) is 22.3 Å². The minimum Gasteiger partial charge on any atom is -0.398 e. The maximum Gasteiger partial charge on any atom is 0.0406 e. The van der Waals surface area contributed by atoms with Crippen molar-refractivity contribution >= 4 is 17.3 Å². The first-order valence-corrected chi connectivity index (χ1v) is 7.25. The van der Waals surface area contributed by atoms with E-state index < -0.39 is 0 Å². The van der Waals surface area contributed by atoms with E-state index in [1.54, 1.807) is 0 Å². The lowest BCUT2D eigenvalue weighted by molar-refractivity contribution is 1.45. The van der Waals surface area contributed by atoms with Crippen LogP contribution in [-0.2, 0) is 0 Å². The summed E-state index contributed by atoms with van der Waals surface area (Å²) in [6.45, 7) is 2.09. The van der Waals surface area contributed by atoms with E-state index >= 15 is 0 Å². The molecule has 3 rings (SSSR count). The number of rotatable bonds is 2. The number of anilines is 1. The van der Waals surface area contributed by atoms with Crippen molar-refractivity contribution < 1.29 is 0 Å². The molecule has 0 atom stereocenters. The summed E-state index contributed by atoms with van der Waals surface area (Å²) < 4.78 is 0. The smallest absolute Gasteiger partial charge is 0.0406 e. The maximum absolute atomic E-state index is 6.20. The first kappa shape index (κ1) is 13.7. The Kier molecular flexibility index (Phi) is 3.68. The third-order valence-electron chi connectivity index (χ3n) is 3.66. The standard InChI is InChI=1S/C19H16ClN/c1-13-5-4-8-18(21)19(13)17-7-3-2-6-16(17)14-9-11-15(20)12-10-14/h2-12H,21H2,1H3. The van der Waals surface area contributed by atoms with Crippen LogP contribution in [0.4, 0.5) is 5.69 Å². The molecule has 1 nitrogen and oxygen atoms in total. The second kappa shape index (κ2) is 5.63. The molecule has 0 aliphatic heterocycles. The number of halogens is 1. The average molecular weight is 294 g/mol. The first-order chi connectivity index (χ1) is 10.2. The lowest BCUT2D eigenvalue weighted by atomic mass is 9.91. The van der Waals surface area contributed by atoms with Gasteiger partial charge in [-0.2, -0.15) is 0 Å². The molecule has 2 heteroatoms. The summed E-state index contributed by atoms with van der Waals surface area (Å²) in [5.74, 6) is 0. The lowest BCUT2D eigenvalue weighted by Gasteiger charge is -2.14. The molecule has 3 aromatic carbocycles. The monoisotopic (exact) mass is 293 g/mol. The fraction of sp³-hybridized carbons (Fsp3) is 0.0526. The SMILES string of the molecule is Cc1cccc(N)c1-c1ccccc1-c1ccc(Cl)cc1. The Labute approximate surface area is 130 Å². The Bertz CT molecular complexity index is 756. The van der Waals surface area contributed by atoms with Crippen LogP contribution in [0.1, 0.15) is 5.56 Å². The van der Waals surface area contributed by atoms with Crippen molar-refractivity contribution in [2.24, 2.45) is 0 Å². The van der Waals surface area contributed by atoms with Crippen molar-refractivity contribution in [2.75, 3.05) is 5.73 Å². The quantitative estimate of drug-likeness (QED) is 0.615.